The van der Waals surface area contributed by atoms with Gasteiger partial charge in [-0.1, -0.05) is 48.5 Å². The highest BCUT2D eigenvalue weighted by molar-refractivity contribution is 5.88. The predicted octanol–water partition coefficient (Wildman–Crippen LogP) is 5.33. The van der Waals surface area contributed by atoms with E-state index < -0.39 is 6.04 Å². The van der Waals surface area contributed by atoms with Crippen molar-refractivity contribution in [3.63, 3.8) is 0 Å². The van der Waals surface area contributed by atoms with Crippen LogP contribution in [-0.2, 0) is 29.0 Å². The Morgan fingerprint density at radius 1 is 0.842 bits per heavy atom. The van der Waals surface area contributed by atoms with Crippen LogP contribution in [0.25, 0.3) is 0 Å². The summed E-state index contributed by atoms with van der Waals surface area (Å²) in [6.07, 6.45) is 1.04. The molecule has 0 radical (unpaired) electrons. The maximum atomic E-state index is 13.7. The molecule has 3 rings (SSSR count). The van der Waals surface area contributed by atoms with E-state index >= 15 is 0 Å². The highest BCUT2D eigenvalue weighted by Crippen LogP contribution is 2.29. The van der Waals surface area contributed by atoms with Crippen LogP contribution in [0, 0.1) is 5.82 Å². The summed E-state index contributed by atoms with van der Waals surface area (Å²) in [4.78, 5) is 28.6. The Labute approximate surface area is 224 Å². The van der Waals surface area contributed by atoms with Gasteiger partial charge in [-0.25, -0.2) is 4.39 Å². The number of aryl methyl sites for hydroxylation is 1. The molecule has 0 aliphatic heterocycles. The first-order chi connectivity index (χ1) is 18.4. The Bertz CT molecular complexity index is 1170. The number of nitrogens with one attached hydrogen (secondary N) is 1. The first-order valence-electron chi connectivity index (χ1n) is 13.2. The largest absolute Gasteiger partial charge is 0.490 e. The zero-order chi connectivity index (χ0) is 27.3. The standard InChI is InChI=1S/C31H37FN2O4/c1-4-33-31(36)27(20-23-10-8-7-9-11-23)34(22-25-12-16-26(32)17-13-25)30(35)19-15-24-14-18-28(37-5-2)29(21-24)38-6-3/h7-14,16-18,21,27H,4-6,15,19-20,22H2,1-3H3,(H,33,36)/t27-/m1/s1. The Balaban J connectivity index is 1.87. The lowest BCUT2D eigenvalue weighted by atomic mass is 10.0. The van der Waals surface area contributed by atoms with Gasteiger partial charge < -0.3 is 19.7 Å². The molecule has 0 saturated carbocycles. The van der Waals surface area contributed by atoms with Crippen molar-refractivity contribution in [3.8, 4) is 11.5 Å². The topological polar surface area (TPSA) is 67.9 Å². The minimum atomic E-state index is -0.714. The quantitative estimate of drug-likeness (QED) is 0.312. The van der Waals surface area contributed by atoms with Crippen molar-refractivity contribution in [2.75, 3.05) is 19.8 Å². The van der Waals surface area contributed by atoms with E-state index in [1.165, 1.54) is 12.1 Å². The minimum Gasteiger partial charge on any atom is -0.490 e. The number of hydrogen-bond acceptors (Lipinski definition) is 4. The molecule has 0 aliphatic rings. The van der Waals surface area contributed by atoms with Crippen LogP contribution in [0.3, 0.4) is 0 Å². The van der Waals surface area contributed by atoms with Crippen LogP contribution in [0.4, 0.5) is 4.39 Å². The summed E-state index contributed by atoms with van der Waals surface area (Å²) < 4.78 is 24.9. The van der Waals surface area contributed by atoms with Crippen LogP contribution in [0.2, 0.25) is 0 Å². The fraction of sp³-hybridized carbons (Fsp3) is 0.355. The molecule has 1 N–H and O–H groups in total. The fourth-order valence-corrected chi connectivity index (χ4v) is 4.28. The molecule has 0 saturated heterocycles. The van der Waals surface area contributed by atoms with Gasteiger partial charge in [-0.3, -0.25) is 9.59 Å². The van der Waals surface area contributed by atoms with Gasteiger partial charge in [0.15, 0.2) is 11.5 Å². The molecule has 0 bridgehead atoms. The van der Waals surface area contributed by atoms with E-state index in [4.69, 9.17) is 9.47 Å². The van der Waals surface area contributed by atoms with Crippen molar-refractivity contribution >= 4 is 11.8 Å². The summed E-state index contributed by atoms with van der Waals surface area (Å²) in [6, 6.07) is 20.6. The van der Waals surface area contributed by atoms with Crippen molar-refractivity contribution in [1.82, 2.24) is 10.2 Å². The van der Waals surface area contributed by atoms with Crippen LogP contribution in [-0.4, -0.2) is 42.5 Å². The van der Waals surface area contributed by atoms with Crippen LogP contribution in [0.1, 0.15) is 43.9 Å². The summed E-state index contributed by atoms with van der Waals surface area (Å²) in [5.74, 6) is 0.588. The van der Waals surface area contributed by atoms with Crippen molar-refractivity contribution in [2.24, 2.45) is 0 Å². The first-order valence-corrected chi connectivity index (χ1v) is 13.2. The van der Waals surface area contributed by atoms with Gasteiger partial charge in [0.25, 0.3) is 0 Å². The molecular weight excluding hydrogens is 483 g/mol. The molecule has 0 spiro atoms. The zero-order valence-electron chi connectivity index (χ0n) is 22.4. The molecular formula is C31H37FN2O4. The van der Waals surface area contributed by atoms with Crippen LogP contribution in [0.15, 0.2) is 72.8 Å². The van der Waals surface area contributed by atoms with Gasteiger partial charge in [-0.2, -0.15) is 0 Å². The Hall–Kier alpha value is -3.87. The molecule has 0 aliphatic carbocycles. The molecule has 38 heavy (non-hydrogen) atoms. The van der Waals surface area contributed by atoms with Gasteiger partial charge in [-0.05, 0) is 68.1 Å². The molecule has 6 nitrogen and oxygen atoms in total. The SMILES string of the molecule is CCNC(=O)[C@@H](Cc1ccccc1)N(Cc1ccc(F)cc1)C(=O)CCc1ccc(OCC)c(OCC)c1. The summed E-state index contributed by atoms with van der Waals surface area (Å²) in [5.41, 5.74) is 2.64. The molecule has 2 amide bonds. The number of halogens is 1. The van der Waals surface area contributed by atoms with Crippen LogP contribution in [0.5, 0.6) is 11.5 Å². The van der Waals surface area contributed by atoms with Gasteiger partial charge >= 0.3 is 0 Å². The van der Waals surface area contributed by atoms with Crippen molar-refractivity contribution in [3.05, 3.63) is 95.3 Å². The molecule has 7 heteroatoms. The number of rotatable bonds is 14. The van der Waals surface area contributed by atoms with Gasteiger partial charge in [0.1, 0.15) is 11.9 Å². The predicted molar refractivity (Wildman–Crippen MR) is 147 cm³/mol. The lowest BCUT2D eigenvalue weighted by molar-refractivity contribution is -0.141. The number of benzene rings is 3. The van der Waals surface area contributed by atoms with Crippen molar-refractivity contribution < 1.29 is 23.5 Å². The lowest BCUT2D eigenvalue weighted by Gasteiger charge is -2.31. The van der Waals surface area contributed by atoms with E-state index in [1.54, 1.807) is 17.0 Å². The van der Waals surface area contributed by atoms with Gasteiger partial charge in [0.05, 0.1) is 13.2 Å². The monoisotopic (exact) mass is 520 g/mol. The lowest BCUT2D eigenvalue weighted by Crippen LogP contribution is -2.50. The molecule has 0 aromatic heterocycles. The molecule has 0 unspecified atom stereocenters. The first kappa shape index (κ1) is 28.7. The van der Waals surface area contributed by atoms with Crippen molar-refractivity contribution in [2.45, 2.75) is 52.6 Å². The zero-order valence-corrected chi connectivity index (χ0v) is 22.4. The van der Waals surface area contributed by atoms with Crippen LogP contribution >= 0.6 is 0 Å². The Kier molecular flexibility index (Phi) is 11.1. The number of hydrogen-bond donors (Lipinski definition) is 1. The average molecular weight is 521 g/mol. The van der Waals surface area contributed by atoms with E-state index in [0.29, 0.717) is 44.1 Å². The number of amides is 2. The number of carbonyl (C=O) groups is 2. The van der Waals surface area contributed by atoms with Gasteiger partial charge in [-0.15, -0.1) is 0 Å². The minimum absolute atomic E-state index is 0.159. The normalized spacial score (nSPS) is 11.5. The molecule has 3 aromatic rings. The highest BCUT2D eigenvalue weighted by Gasteiger charge is 2.30. The molecule has 202 valence electrons. The molecule has 0 heterocycles. The second-order valence-electron chi connectivity index (χ2n) is 8.90. The third-order valence-electron chi connectivity index (χ3n) is 6.12. The van der Waals surface area contributed by atoms with Crippen molar-refractivity contribution in [1.29, 1.82) is 0 Å². The molecule has 0 fully saturated rings. The number of carbonyl (C=O) groups excluding carboxylic acids is 2. The summed E-state index contributed by atoms with van der Waals surface area (Å²) >= 11 is 0. The Morgan fingerprint density at radius 2 is 1.50 bits per heavy atom. The number of ether oxygens (including phenoxy) is 2. The van der Waals surface area contributed by atoms with E-state index in [9.17, 15) is 14.0 Å². The summed E-state index contributed by atoms with van der Waals surface area (Å²) in [5, 5.41) is 2.89. The molecule has 1 atom stereocenters. The number of likely N-dealkylation sites (N-methyl/N-ethyl adjacent to an activating group) is 1. The summed E-state index contributed by atoms with van der Waals surface area (Å²) in [7, 11) is 0. The molecule has 3 aromatic carbocycles. The highest BCUT2D eigenvalue weighted by atomic mass is 19.1. The van der Waals surface area contributed by atoms with E-state index in [1.807, 2.05) is 69.3 Å². The fourth-order valence-electron chi connectivity index (χ4n) is 4.28. The van der Waals surface area contributed by atoms with Gasteiger partial charge in [0, 0.05) is 25.9 Å². The summed E-state index contributed by atoms with van der Waals surface area (Å²) in [6.45, 7) is 7.36. The van der Waals surface area contributed by atoms with E-state index in [0.717, 1.165) is 16.7 Å². The van der Waals surface area contributed by atoms with E-state index in [2.05, 4.69) is 5.32 Å². The number of nitrogens with zero attached hydrogens (tertiary/aromatic N) is 1. The smallest absolute Gasteiger partial charge is 0.243 e. The second kappa shape index (κ2) is 14.8. The second-order valence-corrected chi connectivity index (χ2v) is 8.90. The third-order valence-corrected chi connectivity index (χ3v) is 6.12. The third kappa shape index (κ3) is 8.33. The van der Waals surface area contributed by atoms with E-state index in [-0.39, 0.29) is 30.6 Å². The average Bonchev–Trinajstić information content (AvgIpc) is 2.92. The van der Waals surface area contributed by atoms with Gasteiger partial charge in [0.2, 0.25) is 11.8 Å². The maximum Gasteiger partial charge on any atom is 0.243 e. The Morgan fingerprint density at radius 3 is 2.16 bits per heavy atom. The maximum absolute atomic E-state index is 13.7. The van der Waals surface area contributed by atoms with Crippen LogP contribution < -0.4 is 14.8 Å².